The van der Waals surface area contributed by atoms with Crippen LogP contribution in [0.1, 0.15) is 25.7 Å². The first-order valence-electron chi connectivity index (χ1n) is 4.76. The summed E-state index contributed by atoms with van der Waals surface area (Å²) in [6, 6.07) is 0. The summed E-state index contributed by atoms with van der Waals surface area (Å²) >= 11 is 0. The van der Waals surface area contributed by atoms with E-state index >= 15 is 0 Å². The van der Waals surface area contributed by atoms with Crippen molar-refractivity contribution in [2.24, 2.45) is 5.92 Å². The predicted octanol–water partition coefficient (Wildman–Crippen LogP) is 1.02. The highest BCUT2D eigenvalue weighted by atomic mass is 16.6. The van der Waals surface area contributed by atoms with Crippen molar-refractivity contribution >= 4 is 5.97 Å². The first-order valence-corrected chi connectivity index (χ1v) is 4.76. The van der Waals surface area contributed by atoms with Gasteiger partial charge < -0.3 is 9.84 Å². The number of fused-ring (bicyclic) bond motifs is 1. The average Bonchev–Trinajstić information content (AvgIpc) is 2.29. The molecular weight excluding hydrogens is 168 g/mol. The number of carbonyl (C=O) groups is 1. The third-order valence-electron chi connectivity index (χ3n) is 2.97. The molecule has 0 spiro atoms. The van der Waals surface area contributed by atoms with Crippen LogP contribution in [0.25, 0.3) is 0 Å². The molecule has 0 aromatic carbocycles. The Balaban J connectivity index is 2.16. The quantitative estimate of drug-likeness (QED) is 0.449. The van der Waals surface area contributed by atoms with E-state index in [0.29, 0.717) is 12.0 Å². The summed E-state index contributed by atoms with van der Waals surface area (Å²) in [6.07, 6.45) is 2.95. The SMILES string of the molecule is C=C1C(=O)OC2CCCC(O)CC12. The fourth-order valence-electron chi connectivity index (χ4n) is 2.19. The molecule has 0 radical (unpaired) electrons. The van der Waals surface area contributed by atoms with Gasteiger partial charge in [-0.3, -0.25) is 0 Å². The van der Waals surface area contributed by atoms with E-state index < -0.39 is 0 Å². The molecule has 3 heteroatoms. The van der Waals surface area contributed by atoms with Gasteiger partial charge in [-0.2, -0.15) is 0 Å². The lowest BCUT2D eigenvalue weighted by Gasteiger charge is -2.14. The van der Waals surface area contributed by atoms with E-state index in [0.717, 1.165) is 19.3 Å². The second kappa shape index (κ2) is 3.14. The number of rotatable bonds is 0. The molecule has 1 aliphatic carbocycles. The zero-order valence-electron chi connectivity index (χ0n) is 7.53. The first-order chi connectivity index (χ1) is 6.18. The number of hydrogen-bond acceptors (Lipinski definition) is 3. The third kappa shape index (κ3) is 1.48. The molecular formula is C10H14O3. The molecule has 0 bridgehead atoms. The lowest BCUT2D eigenvalue weighted by Crippen LogP contribution is -2.17. The molecule has 3 nitrogen and oxygen atoms in total. The summed E-state index contributed by atoms with van der Waals surface area (Å²) in [5.74, 6) is -0.214. The van der Waals surface area contributed by atoms with Crippen LogP contribution < -0.4 is 0 Å². The zero-order chi connectivity index (χ0) is 9.42. The molecule has 1 aliphatic heterocycles. The molecule has 2 aliphatic rings. The van der Waals surface area contributed by atoms with Crippen LogP contribution in [-0.2, 0) is 9.53 Å². The number of aliphatic hydroxyl groups is 1. The molecule has 0 aromatic rings. The van der Waals surface area contributed by atoms with E-state index in [4.69, 9.17) is 4.74 Å². The monoisotopic (exact) mass is 182 g/mol. The molecule has 72 valence electrons. The highest BCUT2D eigenvalue weighted by molar-refractivity contribution is 5.90. The van der Waals surface area contributed by atoms with Crippen LogP contribution in [0, 0.1) is 5.92 Å². The van der Waals surface area contributed by atoms with Gasteiger partial charge in [0.1, 0.15) is 6.10 Å². The lowest BCUT2D eigenvalue weighted by molar-refractivity contribution is -0.139. The summed E-state index contributed by atoms with van der Waals surface area (Å²) in [5, 5.41) is 9.53. The van der Waals surface area contributed by atoms with E-state index in [2.05, 4.69) is 6.58 Å². The van der Waals surface area contributed by atoms with Crippen molar-refractivity contribution in [2.75, 3.05) is 0 Å². The Morgan fingerprint density at radius 1 is 1.46 bits per heavy atom. The second-order valence-electron chi connectivity index (χ2n) is 3.90. The van der Waals surface area contributed by atoms with Crippen molar-refractivity contribution in [3.63, 3.8) is 0 Å². The predicted molar refractivity (Wildman–Crippen MR) is 47.0 cm³/mol. The standard InChI is InChI=1S/C10H14O3/c1-6-8-5-7(11)3-2-4-9(8)13-10(6)12/h7-9,11H,1-5H2. The van der Waals surface area contributed by atoms with Gasteiger partial charge in [-0.15, -0.1) is 0 Å². The van der Waals surface area contributed by atoms with E-state index in [9.17, 15) is 9.90 Å². The number of ether oxygens (including phenoxy) is 1. The van der Waals surface area contributed by atoms with E-state index in [1.54, 1.807) is 0 Å². The number of carbonyl (C=O) groups excluding carboxylic acids is 1. The Morgan fingerprint density at radius 3 is 3.00 bits per heavy atom. The smallest absolute Gasteiger partial charge is 0.334 e. The minimum atomic E-state index is -0.291. The summed E-state index contributed by atoms with van der Waals surface area (Å²) in [6.45, 7) is 3.71. The van der Waals surface area contributed by atoms with Gasteiger partial charge in [-0.1, -0.05) is 6.58 Å². The molecule has 3 unspecified atom stereocenters. The topological polar surface area (TPSA) is 46.5 Å². The van der Waals surface area contributed by atoms with Gasteiger partial charge in [0.2, 0.25) is 0 Å². The highest BCUT2D eigenvalue weighted by Gasteiger charge is 2.40. The lowest BCUT2D eigenvalue weighted by atomic mass is 9.92. The molecule has 2 fully saturated rings. The fraction of sp³-hybridized carbons (Fsp3) is 0.700. The summed E-state index contributed by atoms with van der Waals surface area (Å²) < 4.78 is 5.16. The molecule has 3 atom stereocenters. The minimum absolute atomic E-state index is 0.0165. The molecule has 13 heavy (non-hydrogen) atoms. The second-order valence-corrected chi connectivity index (χ2v) is 3.90. The maximum atomic E-state index is 11.2. The molecule has 1 N–H and O–H groups in total. The Hall–Kier alpha value is -0.830. The summed E-state index contributed by atoms with van der Waals surface area (Å²) in [7, 11) is 0. The van der Waals surface area contributed by atoms with Crippen LogP contribution in [0.2, 0.25) is 0 Å². The fourth-order valence-corrected chi connectivity index (χ4v) is 2.19. The van der Waals surface area contributed by atoms with Crippen LogP contribution >= 0.6 is 0 Å². The van der Waals surface area contributed by atoms with Gasteiger partial charge in [-0.05, 0) is 25.7 Å². The number of aliphatic hydroxyl groups excluding tert-OH is 1. The Morgan fingerprint density at radius 2 is 2.23 bits per heavy atom. The zero-order valence-corrected chi connectivity index (χ0v) is 7.53. The van der Waals surface area contributed by atoms with Gasteiger partial charge in [-0.25, -0.2) is 4.79 Å². The van der Waals surface area contributed by atoms with Gasteiger partial charge in [0.05, 0.1) is 6.10 Å². The Kier molecular flexibility index (Phi) is 2.12. The maximum absolute atomic E-state index is 11.2. The number of hydrogen-bond donors (Lipinski definition) is 1. The molecule has 1 heterocycles. The summed E-state index contributed by atoms with van der Waals surface area (Å²) in [4.78, 5) is 11.2. The number of esters is 1. The van der Waals surface area contributed by atoms with Crippen molar-refractivity contribution in [1.29, 1.82) is 0 Å². The van der Waals surface area contributed by atoms with Crippen molar-refractivity contribution in [3.8, 4) is 0 Å². The molecule has 1 saturated heterocycles. The molecule has 0 aromatic heterocycles. The normalized spacial score (nSPS) is 39.6. The Bertz CT molecular complexity index is 247. The van der Waals surface area contributed by atoms with Crippen molar-refractivity contribution in [2.45, 2.75) is 37.9 Å². The molecule has 2 rings (SSSR count). The van der Waals surface area contributed by atoms with Crippen LogP contribution in [-0.4, -0.2) is 23.3 Å². The van der Waals surface area contributed by atoms with Crippen LogP contribution in [0.4, 0.5) is 0 Å². The van der Waals surface area contributed by atoms with E-state index in [1.165, 1.54) is 0 Å². The molecule has 1 saturated carbocycles. The Labute approximate surface area is 77.4 Å². The van der Waals surface area contributed by atoms with Crippen molar-refractivity contribution in [3.05, 3.63) is 12.2 Å². The van der Waals surface area contributed by atoms with Gasteiger partial charge in [0, 0.05) is 11.5 Å². The molecule has 0 amide bonds. The van der Waals surface area contributed by atoms with E-state index in [-0.39, 0.29) is 24.1 Å². The van der Waals surface area contributed by atoms with Gasteiger partial charge >= 0.3 is 5.97 Å². The van der Waals surface area contributed by atoms with Crippen LogP contribution in [0.3, 0.4) is 0 Å². The van der Waals surface area contributed by atoms with Crippen LogP contribution in [0.15, 0.2) is 12.2 Å². The largest absolute Gasteiger partial charge is 0.458 e. The average molecular weight is 182 g/mol. The highest BCUT2D eigenvalue weighted by Crippen LogP contribution is 2.36. The van der Waals surface area contributed by atoms with Gasteiger partial charge in [0.25, 0.3) is 0 Å². The van der Waals surface area contributed by atoms with E-state index in [1.807, 2.05) is 0 Å². The van der Waals surface area contributed by atoms with Crippen LogP contribution in [0.5, 0.6) is 0 Å². The van der Waals surface area contributed by atoms with Gasteiger partial charge in [0.15, 0.2) is 0 Å². The summed E-state index contributed by atoms with van der Waals surface area (Å²) in [5.41, 5.74) is 0.547. The third-order valence-corrected chi connectivity index (χ3v) is 2.97. The first kappa shape index (κ1) is 8.75. The maximum Gasteiger partial charge on any atom is 0.334 e. The minimum Gasteiger partial charge on any atom is -0.458 e. The van der Waals surface area contributed by atoms with Crippen molar-refractivity contribution in [1.82, 2.24) is 0 Å². The van der Waals surface area contributed by atoms with Crippen molar-refractivity contribution < 1.29 is 14.6 Å².